The fraction of sp³-hybridized carbons (Fsp3) is 0.188. The van der Waals surface area contributed by atoms with Crippen LogP contribution in [0, 0.1) is 17.5 Å². The molecule has 1 aromatic carbocycles. The van der Waals surface area contributed by atoms with Gasteiger partial charge in [0, 0.05) is 14.1 Å². The van der Waals surface area contributed by atoms with Crippen LogP contribution in [0.4, 0.5) is 13.2 Å². The smallest absolute Gasteiger partial charge is 0.356 e. The zero-order valence-corrected chi connectivity index (χ0v) is 13.1. The zero-order chi connectivity index (χ0) is 18.0. The molecule has 1 amide bonds. The highest BCUT2D eigenvalue weighted by molar-refractivity contribution is 5.95. The molecule has 126 valence electrons. The molecule has 0 fully saturated rings. The van der Waals surface area contributed by atoms with Crippen molar-refractivity contribution in [3.8, 4) is 11.3 Å². The van der Waals surface area contributed by atoms with Gasteiger partial charge >= 0.3 is 5.97 Å². The summed E-state index contributed by atoms with van der Waals surface area (Å²) in [5, 5.41) is 0. The summed E-state index contributed by atoms with van der Waals surface area (Å²) in [6.07, 6.45) is 0. The maximum absolute atomic E-state index is 14.6. The molecule has 5 nitrogen and oxygen atoms in total. The Morgan fingerprint density at radius 3 is 2.25 bits per heavy atom. The second-order valence-corrected chi connectivity index (χ2v) is 5.00. The molecule has 1 aromatic heterocycles. The second kappa shape index (κ2) is 6.69. The van der Waals surface area contributed by atoms with Crippen LogP contribution in [0.5, 0.6) is 0 Å². The number of amides is 1. The van der Waals surface area contributed by atoms with E-state index in [-0.39, 0.29) is 5.69 Å². The predicted octanol–water partition coefficient (Wildman–Crippen LogP) is 2.65. The minimum Gasteiger partial charge on any atom is -0.464 e. The number of carbonyl (C=O) groups excluding carboxylic acids is 2. The van der Waals surface area contributed by atoms with Gasteiger partial charge in [0.25, 0.3) is 5.91 Å². The quantitative estimate of drug-likeness (QED) is 0.808. The summed E-state index contributed by atoms with van der Waals surface area (Å²) in [4.78, 5) is 28.1. The van der Waals surface area contributed by atoms with E-state index in [0.29, 0.717) is 0 Å². The molecule has 0 atom stereocenters. The molecule has 0 radical (unpaired) electrons. The molecule has 0 unspecified atom stereocenters. The van der Waals surface area contributed by atoms with E-state index >= 15 is 0 Å². The Kier molecular flexibility index (Phi) is 4.87. The Morgan fingerprint density at radius 1 is 1.04 bits per heavy atom. The summed E-state index contributed by atoms with van der Waals surface area (Å²) in [6.45, 7) is 0. The van der Waals surface area contributed by atoms with Gasteiger partial charge in [-0.25, -0.2) is 22.9 Å². The van der Waals surface area contributed by atoms with Crippen molar-refractivity contribution in [1.82, 2.24) is 9.88 Å². The van der Waals surface area contributed by atoms with Gasteiger partial charge in [0.1, 0.15) is 28.8 Å². The number of ether oxygens (including phenoxy) is 1. The van der Waals surface area contributed by atoms with Crippen LogP contribution in [0.15, 0.2) is 24.3 Å². The van der Waals surface area contributed by atoms with Gasteiger partial charge in [0.15, 0.2) is 0 Å². The molecular formula is C16H13F3N2O3. The van der Waals surface area contributed by atoms with E-state index in [1.165, 1.54) is 14.1 Å². The first kappa shape index (κ1) is 17.5. The standard InChI is InChI=1S/C16H13F3N2O3/c1-21(2)15(22)8-4-5-9(17)12(13(8)19)14-10(18)6-7-11(20-14)16(23)24-3/h4-7H,1-3H3. The van der Waals surface area contributed by atoms with E-state index in [1.807, 2.05) is 0 Å². The van der Waals surface area contributed by atoms with Gasteiger partial charge in [-0.1, -0.05) is 0 Å². The summed E-state index contributed by atoms with van der Waals surface area (Å²) in [5.41, 5.74) is -2.31. The van der Waals surface area contributed by atoms with Crippen molar-refractivity contribution in [2.45, 2.75) is 0 Å². The molecule has 0 aliphatic rings. The van der Waals surface area contributed by atoms with Crippen molar-refractivity contribution < 1.29 is 27.5 Å². The normalized spacial score (nSPS) is 10.4. The van der Waals surface area contributed by atoms with Crippen molar-refractivity contribution in [1.29, 1.82) is 0 Å². The number of carbonyl (C=O) groups is 2. The maximum Gasteiger partial charge on any atom is 0.356 e. The molecule has 0 aliphatic heterocycles. The highest BCUT2D eigenvalue weighted by atomic mass is 19.1. The molecule has 1 heterocycles. The van der Waals surface area contributed by atoms with Crippen LogP contribution in [0.25, 0.3) is 11.3 Å². The van der Waals surface area contributed by atoms with E-state index in [1.54, 1.807) is 0 Å². The van der Waals surface area contributed by atoms with Crippen LogP contribution in [-0.2, 0) is 4.74 Å². The van der Waals surface area contributed by atoms with Gasteiger partial charge < -0.3 is 9.64 Å². The number of nitrogens with zero attached hydrogens (tertiary/aromatic N) is 2. The minimum absolute atomic E-state index is 0.322. The van der Waals surface area contributed by atoms with Crippen molar-refractivity contribution in [2.75, 3.05) is 21.2 Å². The van der Waals surface area contributed by atoms with Crippen LogP contribution in [-0.4, -0.2) is 43.0 Å². The number of pyridine rings is 1. The maximum atomic E-state index is 14.6. The predicted molar refractivity (Wildman–Crippen MR) is 78.9 cm³/mol. The van der Waals surface area contributed by atoms with Gasteiger partial charge in [-0.15, -0.1) is 0 Å². The molecule has 0 aliphatic carbocycles. The molecule has 8 heteroatoms. The van der Waals surface area contributed by atoms with Gasteiger partial charge in [-0.2, -0.15) is 0 Å². The first-order chi connectivity index (χ1) is 11.3. The lowest BCUT2D eigenvalue weighted by Crippen LogP contribution is -2.23. The number of benzene rings is 1. The first-order valence-electron chi connectivity index (χ1n) is 6.72. The number of hydrogen-bond donors (Lipinski definition) is 0. The van der Waals surface area contributed by atoms with Gasteiger partial charge in [0.05, 0.1) is 18.2 Å². The fourth-order valence-electron chi connectivity index (χ4n) is 2.01. The summed E-state index contributed by atoms with van der Waals surface area (Å²) in [5.74, 6) is -5.04. The van der Waals surface area contributed by atoms with E-state index in [0.717, 1.165) is 36.3 Å². The molecule has 0 saturated heterocycles. The Bertz CT molecular complexity index is 822. The van der Waals surface area contributed by atoms with Crippen LogP contribution in [0.2, 0.25) is 0 Å². The largest absolute Gasteiger partial charge is 0.464 e. The van der Waals surface area contributed by atoms with Gasteiger partial charge in [-0.3, -0.25) is 4.79 Å². The highest BCUT2D eigenvalue weighted by Crippen LogP contribution is 2.29. The Balaban J connectivity index is 2.71. The van der Waals surface area contributed by atoms with E-state index < -0.39 is 46.1 Å². The van der Waals surface area contributed by atoms with Gasteiger partial charge in [0.2, 0.25) is 0 Å². The van der Waals surface area contributed by atoms with E-state index in [9.17, 15) is 22.8 Å². The van der Waals surface area contributed by atoms with Crippen LogP contribution in [0.3, 0.4) is 0 Å². The Hall–Kier alpha value is -2.90. The summed E-state index contributed by atoms with van der Waals surface area (Å²) in [7, 11) is 3.87. The lowest BCUT2D eigenvalue weighted by Gasteiger charge is -2.14. The van der Waals surface area contributed by atoms with Crippen LogP contribution in [0.1, 0.15) is 20.8 Å². The molecule has 0 N–H and O–H groups in total. The lowest BCUT2D eigenvalue weighted by molar-refractivity contribution is 0.0593. The summed E-state index contributed by atoms with van der Waals surface area (Å²) < 4.78 is 47.2. The lowest BCUT2D eigenvalue weighted by atomic mass is 10.0. The van der Waals surface area contributed by atoms with Crippen LogP contribution < -0.4 is 0 Å². The molecule has 0 spiro atoms. The number of rotatable bonds is 3. The Labute approximate surface area is 135 Å². The molecule has 0 saturated carbocycles. The Morgan fingerprint density at radius 2 is 1.67 bits per heavy atom. The molecule has 0 bridgehead atoms. The topological polar surface area (TPSA) is 59.5 Å². The third-order valence-corrected chi connectivity index (χ3v) is 3.21. The second-order valence-electron chi connectivity index (χ2n) is 5.00. The number of methoxy groups -OCH3 is 1. The van der Waals surface area contributed by atoms with Gasteiger partial charge in [-0.05, 0) is 24.3 Å². The number of halogens is 3. The fourth-order valence-corrected chi connectivity index (χ4v) is 2.01. The molecule has 2 aromatic rings. The third kappa shape index (κ3) is 3.08. The molecule has 24 heavy (non-hydrogen) atoms. The number of aromatic nitrogens is 1. The monoisotopic (exact) mass is 338 g/mol. The van der Waals surface area contributed by atoms with Crippen LogP contribution >= 0.6 is 0 Å². The molecular weight excluding hydrogens is 325 g/mol. The summed E-state index contributed by atoms with van der Waals surface area (Å²) in [6, 6.07) is 3.66. The minimum atomic E-state index is -1.26. The van der Waals surface area contributed by atoms with Crippen molar-refractivity contribution in [3.63, 3.8) is 0 Å². The zero-order valence-electron chi connectivity index (χ0n) is 13.1. The van der Waals surface area contributed by atoms with Crippen molar-refractivity contribution >= 4 is 11.9 Å². The third-order valence-electron chi connectivity index (χ3n) is 3.21. The number of hydrogen-bond acceptors (Lipinski definition) is 4. The average molecular weight is 338 g/mol. The highest BCUT2D eigenvalue weighted by Gasteiger charge is 2.25. The SMILES string of the molecule is COC(=O)c1ccc(F)c(-c2c(F)ccc(C(=O)N(C)C)c2F)n1. The first-order valence-corrected chi connectivity index (χ1v) is 6.72. The number of esters is 1. The van der Waals surface area contributed by atoms with E-state index in [4.69, 9.17) is 0 Å². The van der Waals surface area contributed by atoms with Crippen molar-refractivity contribution in [2.24, 2.45) is 0 Å². The summed E-state index contributed by atoms with van der Waals surface area (Å²) >= 11 is 0. The molecule has 2 rings (SSSR count). The average Bonchev–Trinajstić information content (AvgIpc) is 2.55. The van der Waals surface area contributed by atoms with E-state index in [2.05, 4.69) is 9.72 Å². The van der Waals surface area contributed by atoms with Crippen molar-refractivity contribution in [3.05, 3.63) is 53.0 Å².